The molecule has 2 nitrogen and oxygen atoms in total. The summed E-state index contributed by atoms with van der Waals surface area (Å²) in [5.74, 6) is 0. The van der Waals surface area contributed by atoms with E-state index in [1.165, 1.54) is 6.42 Å². The molecule has 4 N–H and O–H groups in total. The van der Waals surface area contributed by atoms with E-state index in [9.17, 15) is 0 Å². The average molecular weight is 105 g/mol. The molecule has 0 aromatic heterocycles. The highest BCUT2D eigenvalue weighted by atomic mass is 16.2. The van der Waals surface area contributed by atoms with Gasteiger partial charge in [-0.3, -0.25) is 0 Å². The van der Waals surface area contributed by atoms with E-state index in [0.29, 0.717) is 6.61 Å². The summed E-state index contributed by atoms with van der Waals surface area (Å²) in [6.07, 6.45) is 3.33. The molecule has 0 aromatic carbocycles. The largest absolute Gasteiger partial charge is 0.396 e. The minimum Gasteiger partial charge on any atom is -0.396 e. The second kappa shape index (κ2) is 9.33. The normalized spacial score (nSPS) is 7.71. The van der Waals surface area contributed by atoms with Crippen LogP contribution >= 0.6 is 0 Å². The molecule has 0 atom stereocenters. The SMILES string of the molecule is CCCCCO.N. The predicted molar refractivity (Wildman–Crippen MR) is 31.6 cm³/mol. The van der Waals surface area contributed by atoms with Gasteiger partial charge in [0.25, 0.3) is 0 Å². The molecule has 0 saturated heterocycles. The maximum Gasteiger partial charge on any atom is 0.0431 e. The molecule has 0 aromatic rings. The van der Waals surface area contributed by atoms with E-state index >= 15 is 0 Å². The first-order valence-electron chi connectivity index (χ1n) is 2.52. The van der Waals surface area contributed by atoms with E-state index in [0.717, 1.165) is 12.8 Å². The second-order valence-electron chi connectivity index (χ2n) is 1.43. The summed E-state index contributed by atoms with van der Waals surface area (Å²) in [6.45, 7) is 2.48. The number of aliphatic hydroxyl groups is 1. The number of hydrogen-bond acceptors (Lipinski definition) is 2. The zero-order valence-electron chi connectivity index (χ0n) is 4.98. The monoisotopic (exact) mass is 105 g/mol. The third kappa shape index (κ3) is 10.7. The molecule has 0 radical (unpaired) electrons. The first kappa shape index (κ1) is 10.0. The quantitative estimate of drug-likeness (QED) is 0.532. The lowest BCUT2D eigenvalue weighted by molar-refractivity contribution is 0.284. The highest BCUT2D eigenvalue weighted by Crippen LogP contribution is 1.89. The van der Waals surface area contributed by atoms with Crippen LogP contribution in [0.15, 0.2) is 0 Å². The summed E-state index contributed by atoms with van der Waals surface area (Å²) in [4.78, 5) is 0. The van der Waals surface area contributed by atoms with E-state index in [2.05, 4.69) is 6.92 Å². The Morgan fingerprint density at radius 2 is 1.86 bits per heavy atom. The van der Waals surface area contributed by atoms with Crippen LogP contribution in [0.25, 0.3) is 0 Å². The molecule has 46 valence electrons. The molecule has 0 aliphatic heterocycles. The van der Waals surface area contributed by atoms with Gasteiger partial charge in [-0.1, -0.05) is 19.8 Å². The molecular weight excluding hydrogens is 90.1 g/mol. The number of rotatable bonds is 3. The Morgan fingerprint density at radius 3 is 2.00 bits per heavy atom. The molecule has 0 amide bonds. The fourth-order valence-corrected chi connectivity index (χ4v) is 0.362. The number of aliphatic hydroxyl groups excluding tert-OH is 1. The molecule has 0 spiro atoms. The van der Waals surface area contributed by atoms with Gasteiger partial charge >= 0.3 is 0 Å². The van der Waals surface area contributed by atoms with Crippen LogP contribution in [0.5, 0.6) is 0 Å². The molecule has 0 fully saturated rings. The van der Waals surface area contributed by atoms with Crippen molar-refractivity contribution in [1.82, 2.24) is 6.15 Å². The molecule has 0 saturated carbocycles. The van der Waals surface area contributed by atoms with Crippen LogP contribution in [0, 0.1) is 0 Å². The van der Waals surface area contributed by atoms with Crippen molar-refractivity contribution in [2.24, 2.45) is 0 Å². The molecule has 2 heteroatoms. The predicted octanol–water partition coefficient (Wildman–Crippen LogP) is 1.33. The van der Waals surface area contributed by atoms with Crippen LogP contribution in [0.1, 0.15) is 26.2 Å². The van der Waals surface area contributed by atoms with Gasteiger partial charge in [0.2, 0.25) is 0 Å². The van der Waals surface area contributed by atoms with E-state index in [1.807, 2.05) is 0 Å². The first-order chi connectivity index (χ1) is 2.91. The molecule has 0 unspecified atom stereocenters. The van der Waals surface area contributed by atoms with Crippen molar-refractivity contribution < 1.29 is 5.11 Å². The smallest absolute Gasteiger partial charge is 0.0431 e. The molecule has 0 rings (SSSR count). The van der Waals surface area contributed by atoms with Crippen LogP contribution in [0.3, 0.4) is 0 Å². The van der Waals surface area contributed by atoms with Crippen molar-refractivity contribution in [3.63, 3.8) is 0 Å². The molecule has 0 bridgehead atoms. The standard InChI is InChI=1S/C5H12O.H3N/c1-2-3-4-5-6;/h6H,2-5H2,1H3;1H3. The van der Waals surface area contributed by atoms with Gasteiger partial charge in [0.05, 0.1) is 0 Å². The van der Waals surface area contributed by atoms with Gasteiger partial charge in [0.1, 0.15) is 0 Å². The Morgan fingerprint density at radius 1 is 1.29 bits per heavy atom. The summed E-state index contributed by atoms with van der Waals surface area (Å²) in [7, 11) is 0. The summed E-state index contributed by atoms with van der Waals surface area (Å²) < 4.78 is 0. The van der Waals surface area contributed by atoms with Crippen LogP contribution in [-0.4, -0.2) is 11.7 Å². The third-order valence-corrected chi connectivity index (χ3v) is 0.762. The van der Waals surface area contributed by atoms with Crippen LogP contribution < -0.4 is 6.15 Å². The molecule has 0 heterocycles. The third-order valence-electron chi connectivity index (χ3n) is 0.762. The van der Waals surface area contributed by atoms with Gasteiger partial charge < -0.3 is 11.3 Å². The van der Waals surface area contributed by atoms with Gasteiger partial charge in [0, 0.05) is 6.61 Å². The maximum absolute atomic E-state index is 8.20. The van der Waals surface area contributed by atoms with Crippen molar-refractivity contribution in [2.45, 2.75) is 26.2 Å². The van der Waals surface area contributed by atoms with Crippen LogP contribution in [-0.2, 0) is 0 Å². The fourth-order valence-electron chi connectivity index (χ4n) is 0.362. The van der Waals surface area contributed by atoms with Crippen molar-refractivity contribution >= 4 is 0 Å². The highest BCUT2D eigenvalue weighted by Gasteiger charge is 1.76. The van der Waals surface area contributed by atoms with E-state index < -0.39 is 0 Å². The molecular formula is C5H15NO. The minimum atomic E-state index is 0. The first-order valence-corrected chi connectivity index (χ1v) is 2.52. The van der Waals surface area contributed by atoms with Crippen LogP contribution in [0.4, 0.5) is 0 Å². The molecule has 7 heavy (non-hydrogen) atoms. The minimum absolute atomic E-state index is 0. The van der Waals surface area contributed by atoms with Crippen LogP contribution in [0.2, 0.25) is 0 Å². The summed E-state index contributed by atoms with van der Waals surface area (Å²) in [6, 6.07) is 0. The Hall–Kier alpha value is -0.0800. The highest BCUT2D eigenvalue weighted by molar-refractivity contribution is 4.30. The topological polar surface area (TPSA) is 55.2 Å². The second-order valence-corrected chi connectivity index (χ2v) is 1.43. The number of unbranched alkanes of at least 4 members (excludes halogenated alkanes) is 2. The Bertz CT molecular complexity index is 20.0. The zero-order chi connectivity index (χ0) is 4.83. The average Bonchev–Trinajstić information content (AvgIpc) is 1.61. The zero-order valence-corrected chi connectivity index (χ0v) is 4.98. The summed E-state index contributed by atoms with van der Waals surface area (Å²) in [5, 5.41) is 8.20. The van der Waals surface area contributed by atoms with E-state index in [4.69, 9.17) is 5.11 Å². The number of hydrogen-bond donors (Lipinski definition) is 2. The maximum atomic E-state index is 8.20. The van der Waals surface area contributed by atoms with Gasteiger partial charge in [-0.05, 0) is 6.42 Å². The van der Waals surface area contributed by atoms with Crippen molar-refractivity contribution in [2.75, 3.05) is 6.61 Å². The molecule has 0 aliphatic carbocycles. The van der Waals surface area contributed by atoms with Gasteiger partial charge in [-0.25, -0.2) is 0 Å². The lowest BCUT2D eigenvalue weighted by Gasteiger charge is -1.85. The Labute approximate surface area is 45.1 Å². The lowest BCUT2D eigenvalue weighted by atomic mass is 10.3. The van der Waals surface area contributed by atoms with Crippen molar-refractivity contribution in [3.8, 4) is 0 Å². The van der Waals surface area contributed by atoms with Gasteiger partial charge in [-0.2, -0.15) is 0 Å². The van der Waals surface area contributed by atoms with E-state index in [1.54, 1.807) is 0 Å². The van der Waals surface area contributed by atoms with Gasteiger partial charge in [-0.15, -0.1) is 0 Å². The van der Waals surface area contributed by atoms with Crippen molar-refractivity contribution in [3.05, 3.63) is 0 Å². The molecule has 0 aliphatic rings. The van der Waals surface area contributed by atoms with Crippen molar-refractivity contribution in [1.29, 1.82) is 0 Å². The lowest BCUT2D eigenvalue weighted by Crippen LogP contribution is -1.78. The fraction of sp³-hybridized carbons (Fsp3) is 1.00. The summed E-state index contributed by atoms with van der Waals surface area (Å²) >= 11 is 0. The van der Waals surface area contributed by atoms with E-state index in [-0.39, 0.29) is 6.15 Å². The van der Waals surface area contributed by atoms with Gasteiger partial charge in [0.15, 0.2) is 0 Å². The Kier molecular flexibility index (Phi) is 13.3. The Balaban J connectivity index is 0. The summed E-state index contributed by atoms with van der Waals surface area (Å²) in [5.41, 5.74) is 0.